The highest BCUT2D eigenvalue weighted by atomic mass is 16.6. The molecule has 26 heavy (non-hydrogen) atoms. The summed E-state index contributed by atoms with van der Waals surface area (Å²) in [6, 6.07) is 7.13. The molecule has 0 saturated carbocycles. The molecule has 2 aromatic rings. The molecule has 140 valence electrons. The van der Waals surface area contributed by atoms with Gasteiger partial charge in [0, 0.05) is 35.1 Å². The zero-order valence-electron chi connectivity index (χ0n) is 15.7. The maximum atomic E-state index is 10.9. The number of carbonyl (C=O) groups is 1. The molecule has 0 aliphatic carbocycles. The molecule has 2 rings (SSSR count). The van der Waals surface area contributed by atoms with Crippen LogP contribution in [0.15, 0.2) is 30.5 Å². The van der Waals surface area contributed by atoms with E-state index in [1.807, 2.05) is 19.9 Å². The molecule has 0 radical (unpaired) electrons. The molecule has 0 fully saturated rings. The number of pyridine rings is 2. The minimum atomic E-state index is -0.903. The fraction of sp³-hybridized carbons (Fsp3) is 0.421. The summed E-state index contributed by atoms with van der Waals surface area (Å²) >= 11 is 0. The van der Waals surface area contributed by atoms with Crippen molar-refractivity contribution in [3.05, 3.63) is 36.2 Å². The summed E-state index contributed by atoms with van der Waals surface area (Å²) < 4.78 is 10.6. The van der Waals surface area contributed by atoms with Crippen LogP contribution in [0.2, 0.25) is 0 Å². The van der Waals surface area contributed by atoms with Crippen LogP contribution in [0.5, 0.6) is 11.8 Å². The Balaban J connectivity index is 2.13. The predicted molar refractivity (Wildman–Crippen MR) is 100.0 cm³/mol. The molecule has 0 saturated heterocycles. The summed E-state index contributed by atoms with van der Waals surface area (Å²) in [4.78, 5) is 19.3. The highest BCUT2D eigenvalue weighted by Gasteiger charge is 2.21. The molecule has 2 heterocycles. The number of rotatable bonds is 7. The van der Waals surface area contributed by atoms with Crippen LogP contribution in [0.1, 0.15) is 32.9 Å². The van der Waals surface area contributed by atoms with E-state index in [1.165, 1.54) is 0 Å². The molecule has 0 aromatic carbocycles. The fourth-order valence-corrected chi connectivity index (χ4v) is 2.89. The number of amides is 1. The molecule has 0 aliphatic heterocycles. The Kier molecular flexibility index (Phi) is 6.15. The van der Waals surface area contributed by atoms with Crippen LogP contribution in [0.25, 0.3) is 11.1 Å². The van der Waals surface area contributed by atoms with E-state index < -0.39 is 11.6 Å². The minimum Gasteiger partial charge on any atom is -0.476 e. The quantitative estimate of drug-likeness (QED) is 0.786. The van der Waals surface area contributed by atoms with Crippen LogP contribution >= 0.6 is 0 Å². The van der Waals surface area contributed by atoms with E-state index in [4.69, 9.17) is 20.9 Å². The number of aromatic nitrogens is 2. The zero-order valence-corrected chi connectivity index (χ0v) is 15.7. The molecule has 4 N–H and O–H groups in total. The van der Waals surface area contributed by atoms with Crippen molar-refractivity contribution in [2.24, 2.45) is 17.4 Å². The van der Waals surface area contributed by atoms with E-state index in [-0.39, 0.29) is 5.88 Å². The lowest BCUT2D eigenvalue weighted by atomic mass is 9.93. The van der Waals surface area contributed by atoms with Gasteiger partial charge in [0.1, 0.15) is 6.61 Å². The van der Waals surface area contributed by atoms with Gasteiger partial charge in [0.25, 0.3) is 0 Å². The van der Waals surface area contributed by atoms with Crippen LogP contribution in [-0.4, -0.2) is 28.2 Å². The Morgan fingerprint density at radius 2 is 2.00 bits per heavy atom. The van der Waals surface area contributed by atoms with Gasteiger partial charge in [-0.3, -0.25) is 0 Å². The third-order valence-corrected chi connectivity index (χ3v) is 3.74. The average Bonchev–Trinajstić information content (AvgIpc) is 2.51. The Hall–Kier alpha value is -2.67. The van der Waals surface area contributed by atoms with Crippen molar-refractivity contribution >= 4 is 6.09 Å². The second-order valence-corrected chi connectivity index (χ2v) is 7.13. The van der Waals surface area contributed by atoms with Crippen molar-refractivity contribution in [2.45, 2.75) is 39.7 Å². The van der Waals surface area contributed by atoms with E-state index in [1.54, 1.807) is 24.4 Å². The Morgan fingerprint density at radius 3 is 2.62 bits per heavy atom. The maximum Gasteiger partial charge on any atom is 0.411 e. The van der Waals surface area contributed by atoms with Gasteiger partial charge >= 0.3 is 6.09 Å². The van der Waals surface area contributed by atoms with Crippen molar-refractivity contribution in [3.63, 3.8) is 0 Å². The molecular weight excluding hydrogens is 332 g/mol. The predicted octanol–water partition coefficient (Wildman–Crippen LogP) is 3.05. The Bertz CT molecular complexity index is 775. The van der Waals surface area contributed by atoms with E-state index in [0.717, 1.165) is 23.2 Å². The van der Waals surface area contributed by atoms with Crippen LogP contribution in [0, 0.1) is 12.8 Å². The summed E-state index contributed by atoms with van der Waals surface area (Å²) in [5.74, 6) is 1.16. The van der Waals surface area contributed by atoms with Crippen molar-refractivity contribution in [1.29, 1.82) is 0 Å². The summed E-state index contributed by atoms with van der Waals surface area (Å²) in [6.07, 6.45) is 1.51. The Morgan fingerprint density at radius 1 is 1.27 bits per heavy atom. The molecule has 7 nitrogen and oxygen atoms in total. The van der Waals surface area contributed by atoms with Gasteiger partial charge in [-0.2, -0.15) is 0 Å². The van der Waals surface area contributed by atoms with E-state index in [0.29, 0.717) is 18.4 Å². The van der Waals surface area contributed by atoms with Crippen LogP contribution in [0.3, 0.4) is 0 Å². The van der Waals surface area contributed by atoms with E-state index in [2.05, 4.69) is 23.8 Å². The van der Waals surface area contributed by atoms with Gasteiger partial charge in [0.2, 0.25) is 11.8 Å². The fourth-order valence-electron chi connectivity index (χ4n) is 2.89. The standard InChI is InChI=1S/C19H26N4O3/c1-12(2)10-19(4,21)11-25-16-6-5-15(13(3)23-16)14-7-8-22-17(9-14)26-18(20)24/h5-9,12H,10-11,21H2,1-4H3,(H2,20,24). The van der Waals surface area contributed by atoms with Gasteiger partial charge in [-0.05, 0) is 43.9 Å². The Labute approximate surface area is 153 Å². The first-order valence-electron chi connectivity index (χ1n) is 8.49. The number of ether oxygens (including phenoxy) is 2. The largest absolute Gasteiger partial charge is 0.476 e. The molecule has 1 amide bonds. The van der Waals surface area contributed by atoms with Crippen molar-refractivity contribution in [2.75, 3.05) is 6.61 Å². The molecule has 0 aliphatic rings. The number of aryl methyl sites for hydroxylation is 1. The smallest absolute Gasteiger partial charge is 0.411 e. The van der Waals surface area contributed by atoms with Gasteiger partial charge in [-0.25, -0.2) is 14.8 Å². The highest BCUT2D eigenvalue weighted by molar-refractivity contribution is 5.70. The maximum absolute atomic E-state index is 10.9. The molecular formula is C19H26N4O3. The lowest BCUT2D eigenvalue weighted by Crippen LogP contribution is -2.43. The van der Waals surface area contributed by atoms with Crippen molar-refractivity contribution in [3.8, 4) is 22.9 Å². The van der Waals surface area contributed by atoms with Gasteiger partial charge < -0.3 is 20.9 Å². The molecule has 0 spiro atoms. The lowest BCUT2D eigenvalue weighted by molar-refractivity contribution is 0.200. The first kappa shape index (κ1) is 19.7. The topological polar surface area (TPSA) is 113 Å². The number of primary amides is 1. The second-order valence-electron chi connectivity index (χ2n) is 7.13. The lowest BCUT2D eigenvalue weighted by Gasteiger charge is -2.26. The summed E-state index contributed by atoms with van der Waals surface area (Å²) in [5, 5.41) is 0. The van der Waals surface area contributed by atoms with Gasteiger partial charge in [0.05, 0.1) is 0 Å². The summed E-state index contributed by atoms with van der Waals surface area (Å²) in [6.45, 7) is 8.52. The van der Waals surface area contributed by atoms with Gasteiger partial charge in [-0.1, -0.05) is 13.8 Å². The minimum absolute atomic E-state index is 0.141. The second kappa shape index (κ2) is 8.14. The third kappa shape index (κ3) is 5.70. The number of carbonyl (C=O) groups excluding carboxylic acids is 1. The molecule has 0 bridgehead atoms. The van der Waals surface area contributed by atoms with Crippen molar-refractivity contribution < 1.29 is 14.3 Å². The SMILES string of the molecule is Cc1nc(OCC(C)(N)CC(C)C)ccc1-c1ccnc(OC(N)=O)c1. The van der Waals surface area contributed by atoms with Gasteiger partial charge in [-0.15, -0.1) is 0 Å². The van der Waals surface area contributed by atoms with E-state index in [9.17, 15) is 4.79 Å². The average molecular weight is 358 g/mol. The molecule has 1 atom stereocenters. The van der Waals surface area contributed by atoms with Crippen LogP contribution in [0.4, 0.5) is 4.79 Å². The normalized spacial score (nSPS) is 13.3. The monoisotopic (exact) mass is 358 g/mol. The van der Waals surface area contributed by atoms with Crippen LogP contribution < -0.4 is 20.9 Å². The highest BCUT2D eigenvalue weighted by Crippen LogP contribution is 2.26. The third-order valence-electron chi connectivity index (χ3n) is 3.74. The summed E-state index contributed by atoms with van der Waals surface area (Å²) in [7, 11) is 0. The van der Waals surface area contributed by atoms with Crippen LogP contribution in [-0.2, 0) is 0 Å². The number of hydrogen-bond donors (Lipinski definition) is 2. The molecule has 7 heteroatoms. The summed E-state index contributed by atoms with van der Waals surface area (Å²) in [5.41, 5.74) is 13.4. The zero-order chi connectivity index (χ0) is 19.3. The molecule has 2 aromatic heterocycles. The molecule has 1 unspecified atom stereocenters. The van der Waals surface area contributed by atoms with Gasteiger partial charge in [0.15, 0.2) is 0 Å². The number of nitrogens with zero attached hydrogens (tertiary/aromatic N) is 2. The van der Waals surface area contributed by atoms with E-state index >= 15 is 0 Å². The first-order chi connectivity index (χ1) is 12.2. The van der Waals surface area contributed by atoms with Crippen molar-refractivity contribution in [1.82, 2.24) is 9.97 Å². The number of hydrogen-bond acceptors (Lipinski definition) is 6. The first-order valence-corrected chi connectivity index (χ1v) is 8.49. The number of nitrogens with two attached hydrogens (primary N) is 2.